The van der Waals surface area contributed by atoms with Gasteiger partial charge in [-0.3, -0.25) is 19.7 Å². The van der Waals surface area contributed by atoms with Gasteiger partial charge in [0, 0.05) is 17.5 Å². The number of carbonyl (C=O) groups is 2. The molecule has 6 nitrogen and oxygen atoms in total. The van der Waals surface area contributed by atoms with Crippen molar-refractivity contribution in [1.29, 1.82) is 0 Å². The van der Waals surface area contributed by atoms with Crippen LogP contribution in [0.5, 0.6) is 0 Å². The van der Waals surface area contributed by atoms with Gasteiger partial charge in [0.15, 0.2) is 5.78 Å². The molecular weight excluding hydrogens is 306 g/mol. The number of benzene rings is 1. The molecule has 1 N–H and O–H groups in total. The van der Waals surface area contributed by atoms with E-state index in [4.69, 9.17) is 5.11 Å². The summed E-state index contributed by atoms with van der Waals surface area (Å²) in [6.45, 7) is 1.48. The molecule has 7 heteroatoms. The first-order chi connectivity index (χ1) is 8.32. The maximum atomic E-state index is 11.9. The molecule has 0 aromatic heterocycles. The van der Waals surface area contributed by atoms with Crippen molar-refractivity contribution in [2.24, 2.45) is 5.92 Å². The molecule has 0 amide bonds. The normalized spacial score (nSPS) is 11.9. The fourth-order valence-electron chi connectivity index (χ4n) is 1.44. The minimum atomic E-state index is -1.08. The number of carbonyl (C=O) groups excluding carboxylic acids is 1. The van der Waals surface area contributed by atoms with Gasteiger partial charge in [0.1, 0.15) is 0 Å². The highest BCUT2D eigenvalue weighted by atomic mass is 79.9. The van der Waals surface area contributed by atoms with E-state index >= 15 is 0 Å². The van der Waals surface area contributed by atoms with Crippen molar-refractivity contribution in [3.63, 3.8) is 0 Å². The predicted molar refractivity (Wildman–Crippen MR) is 66.5 cm³/mol. The van der Waals surface area contributed by atoms with Gasteiger partial charge in [-0.2, -0.15) is 0 Å². The maximum absolute atomic E-state index is 11.9. The summed E-state index contributed by atoms with van der Waals surface area (Å²) >= 11 is 3.01. The van der Waals surface area contributed by atoms with Gasteiger partial charge in [-0.25, -0.2) is 0 Å². The highest BCUT2D eigenvalue weighted by molar-refractivity contribution is 9.10. The number of rotatable bonds is 5. The van der Waals surface area contributed by atoms with Crippen molar-refractivity contribution in [2.45, 2.75) is 13.3 Å². The zero-order valence-corrected chi connectivity index (χ0v) is 11.0. The van der Waals surface area contributed by atoms with E-state index in [1.165, 1.54) is 19.1 Å². The highest BCUT2D eigenvalue weighted by Crippen LogP contribution is 2.27. The highest BCUT2D eigenvalue weighted by Gasteiger charge is 2.21. The van der Waals surface area contributed by atoms with Crippen LogP contribution in [0.3, 0.4) is 0 Å². The Kier molecular flexibility index (Phi) is 4.55. The monoisotopic (exact) mass is 315 g/mol. The molecule has 1 unspecified atom stereocenters. The molecule has 96 valence electrons. The standard InChI is InChI=1S/C11H10BrNO5/c1-6(4-10(14)15)11(16)7-2-3-8(12)9(5-7)13(17)18/h2-3,5-6H,4H2,1H3,(H,14,15). The maximum Gasteiger partial charge on any atom is 0.304 e. The fraction of sp³-hybridized carbons (Fsp3) is 0.273. The van der Waals surface area contributed by atoms with Crippen LogP contribution in [-0.2, 0) is 4.79 Å². The lowest BCUT2D eigenvalue weighted by atomic mass is 9.96. The Bertz CT molecular complexity index is 514. The topological polar surface area (TPSA) is 97.5 Å². The Morgan fingerprint density at radius 3 is 2.61 bits per heavy atom. The zero-order chi connectivity index (χ0) is 13.9. The van der Waals surface area contributed by atoms with Crippen molar-refractivity contribution in [3.8, 4) is 0 Å². The molecule has 1 aromatic carbocycles. The molecule has 0 bridgehead atoms. The van der Waals surface area contributed by atoms with E-state index in [0.29, 0.717) is 0 Å². The molecule has 0 radical (unpaired) electrons. The van der Waals surface area contributed by atoms with Gasteiger partial charge in [-0.05, 0) is 28.1 Å². The van der Waals surface area contributed by atoms with Gasteiger partial charge in [-0.1, -0.05) is 6.92 Å². The van der Waals surface area contributed by atoms with Crippen LogP contribution in [0.15, 0.2) is 22.7 Å². The van der Waals surface area contributed by atoms with Crippen LogP contribution in [0.4, 0.5) is 5.69 Å². The average molecular weight is 316 g/mol. The van der Waals surface area contributed by atoms with E-state index in [0.717, 1.165) is 6.07 Å². The Morgan fingerprint density at radius 2 is 2.11 bits per heavy atom. The summed E-state index contributed by atoms with van der Waals surface area (Å²) in [6.07, 6.45) is -0.303. The summed E-state index contributed by atoms with van der Waals surface area (Å²) in [5, 5.41) is 19.3. The van der Waals surface area contributed by atoms with Crippen molar-refractivity contribution in [2.75, 3.05) is 0 Å². The number of hydrogen-bond donors (Lipinski definition) is 1. The van der Waals surface area contributed by atoms with E-state index < -0.39 is 22.6 Å². The van der Waals surface area contributed by atoms with Gasteiger partial charge in [0.25, 0.3) is 5.69 Å². The third-order valence-electron chi connectivity index (χ3n) is 2.36. The van der Waals surface area contributed by atoms with E-state index in [2.05, 4.69) is 15.9 Å². The molecule has 0 aliphatic carbocycles. The minimum absolute atomic E-state index is 0.138. The van der Waals surface area contributed by atoms with Gasteiger partial charge < -0.3 is 5.11 Å². The molecule has 1 aromatic rings. The SMILES string of the molecule is CC(CC(=O)O)C(=O)c1ccc(Br)c([N+](=O)[O-])c1. The number of hydrogen-bond acceptors (Lipinski definition) is 4. The van der Waals surface area contributed by atoms with E-state index in [-0.39, 0.29) is 22.1 Å². The molecule has 0 fully saturated rings. The summed E-state index contributed by atoms with van der Waals surface area (Å²) in [4.78, 5) is 32.5. The van der Waals surface area contributed by atoms with Crippen LogP contribution >= 0.6 is 15.9 Å². The minimum Gasteiger partial charge on any atom is -0.481 e. The molecule has 0 saturated heterocycles. The molecule has 0 aliphatic heterocycles. The summed E-state index contributed by atoms with van der Waals surface area (Å²) in [6, 6.07) is 3.97. The number of nitro benzene ring substituents is 1. The van der Waals surface area contributed by atoms with E-state index in [1.807, 2.05) is 0 Å². The molecule has 1 rings (SSSR count). The van der Waals surface area contributed by atoms with Gasteiger partial charge >= 0.3 is 5.97 Å². The molecule has 0 saturated carbocycles. The van der Waals surface area contributed by atoms with Crippen molar-refractivity contribution >= 4 is 33.4 Å². The second-order valence-corrected chi connectivity index (χ2v) is 4.64. The van der Waals surface area contributed by atoms with Crippen LogP contribution in [0, 0.1) is 16.0 Å². The molecule has 18 heavy (non-hydrogen) atoms. The van der Waals surface area contributed by atoms with Crippen molar-refractivity contribution in [1.82, 2.24) is 0 Å². The van der Waals surface area contributed by atoms with Crippen molar-refractivity contribution in [3.05, 3.63) is 38.3 Å². The van der Waals surface area contributed by atoms with Gasteiger partial charge in [-0.15, -0.1) is 0 Å². The number of Topliss-reactive ketones (excluding diaryl/α,β-unsaturated/α-hetero) is 1. The first-order valence-corrected chi connectivity index (χ1v) is 5.82. The number of nitrogens with zero attached hydrogens (tertiary/aromatic N) is 1. The lowest BCUT2D eigenvalue weighted by molar-refractivity contribution is -0.385. The van der Waals surface area contributed by atoms with E-state index in [9.17, 15) is 19.7 Å². The Labute approximate surface area is 111 Å². The summed E-state index contributed by atoms with van der Waals surface area (Å²) in [5.41, 5.74) is -0.0815. The Morgan fingerprint density at radius 1 is 1.50 bits per heavy atom. The fourth-order valence-corrected chi connectivity index (χ4v) is 1.84. The first kappa shape index (κ1) is 14.3. The number of aliphatic carboxylic acids is 1. The number of halogens is 1. The summed E-state index contributed by atoms with van der Waals surface area (Å²) in [5.74, 6) is -2.22. The smallest absolute Gasteiger partial charge is 0.304 e. The second kappa shape index (κ2) is 5.72. The summed E-state index contributed by atoms with van der Waals surface area (Å²) in [7, 11) is 0. The average Bonchev–Trinajstić information content (AvgIpc) is 2.27. The van der Waals surface area contributed by atoms with Crippen LogP contribution in [0.1, 0.15) is 23.7 Å². The van der Waals surface area contributed by atoms with Crippen LogP contribution < -0.4 is 0 Å². The van der Waals surface area contributed by atoms with E-state index in [1.54, 1.807) is 0 Å². The van der Waals surface area contributed by atoms with Crippen LogP contribution in [0.25, 0.3) is 0 Å². The number of nitro groups is 1. The third kappa shape index (κ3) is 3.36. The lowest BCUT2D eigenvalue weighted by Crippen LogP contribution is -2.15. The van der Waals surface area contributed by atoms with Gasteiger partial charge in [0.05, 0.1) is 15.8 Å². The number of carboxylic acid groups (broad SMARTS) is 1. The largest absolute Gasteiger partial charge is 0.481 e. The summed E-state index contributed by atoms with van der Waals surface area (Å²) < 4.78 is 0.273. The molecular formula is C11H10BrNO5. The van der Waals surface area contributed by atoms with Crippen LogP contribution in [-0.4, -0.2) is 21.8 Å². The predicted octanol–water partition coefficient (Wildman–Crippen LogP) is 2.65. The van der Waals surface area contributed by atoms with Gasteiger partial charge in [0.2, 0.25) is 0 Å². The Balaban J connectivity index is 3.03. The molecule has 0 spiro atoms. The molecule has 0 aliphatic rings. The first-order valence-electron chi connectivity index (χ1n) is 5.03. The molecule has 0 heterocycles. The third-order valence-corrected chi connectivity index (χ3v) is 3.03. The van der Waals surface area contributed by atoms with Crippen molar-refractivity contribution < 1.29 is 19.6 Å². The van der Waals surface area contributed by atoms with Crippen LogP contribution in [0.2, 0.25) is 0 Å². The quantitative estimate of drug-likeness (QED) is 0.511. The molecule has 1 atom stereocenters. The number of ketones is 1. The second-order valence-electron chi connectivity index (χ2n) is 3.79. The zero-order valence-electron chi connectivity index (χ0n) is 9.42. The Hall–Kier alpha value is -1.76. The lowest BCUT2D eigenvalue weighted by Gasteiger charge is -2.07. The number of carboxylic acids is 1.